The molecule has 0 aliphatic heterocycles. The van der Waals surface area contributed by atoms with Crippen LogP contribution in [0.25, 0.3) is 0 Å². The third-order valence-electron chi connectivity index (χ3n) is 6.65. The average Bonchev–Trinajstić information content (AvgIpc) is 2.95. The zero-order valence-electron chi connectivity index (χ0n) is 25.1. The van der Waals surface area contributed by atoms with Gasteiger partial charge in [-0.25, -0.2) is 14.4 Å². The fourth-order valence-corrected chi connectivity index (χ4v) is 3.98. The van der Waals surface area contributed by atoms with Gasteiger partial charge in [-0.05, 0) is 76.5 Å². The lowest BCUT2D eigenvalue weighted by Gasteiger charge is -2.25. The summed E-state index contributed by atoms with van der Waals surface area (Å²) in [6.07, 6.45) is 3.35. The molecule has 1 aromatic carbocycles. The van der Waals surface area contributed by atoms with Gasteiger partial charge in [0.15, 0.2) is 11.5 Å². The van der Waals surface area contributed by atoms with Gasteiger partial charge in [0.25, 0.3) is 0 Å². The largest absolute Gasteiger partial charge is 0.513 e. The molecule has 1 aliphatic rings. The molecule has 0 spiro atoms. The summed E-state index contributed by atoms with van der Waals surface area (Å²) in [7, 11) is 0. The molecule has 0 bridgehead atoms. The zero-order valence-corrected chi connectivity index (χ0v) is 25.1. The third-order valence-corrected chi connectivity index (χ3v) is 6.65. The molecular weight excluding hydrogens is 550 g/mol. The number of rotatable bonds is 15. The van der Waals surface area contributed by atoms with E-state index in [0.29, 0.717) is 18.4 Å². The molecule has 0 aromatic heterocycles. The van der Waals surface area contributed by atoms with Crippen molar-refractivity contribution in [1.29, 1.82) is 0 Å². The van der Waals surface area contributed by atoms with E-state index in [-0.39, 0.29) is 37.2 Å². The summed E-state index contributed by atoms with van der Waals surface area (Å²) < 4.78 is 36.6. The van der Waals surface area contributed by atoms with Gasteiger partial charge in [-0.1, -0.05) is 39.2 Å². The molecule has 2 N–H and O–H groups in total. The molecule has 1 fully saturated rings. The molecule has 236 valence electrons. The summed E-state index contributed by atoms with van der Waals surface area (Å²) in [4.78, 5) is 49.1. The van der Waals surface area contributed by atoms with Crippen LogP contribution in [0.4, 0.5) is 14.4 Å². The molecular formula is C30H45NO11. The highest BCUT2D eigenvalue weighted by atomic mass is 16.8. The lowest BCUT2D eigenvalue weighted by molar-refractivity contribution is -0.155. The summed E-state index contributed by atoms with van der Waals surface area (Å²) >= 11 is 0. The monoisotopic (exact) mass is 595 g/mol. The average molecular weight is 596 g/mol. The maximum Gasteiger partial charge on any atom is 0.513 e. The van der Waals surface area contributed by atoms with Gasteiger partial charge < -0.3 is 38.9 Å². The topological polar surface area (TPSA) is 159 Å². The van der Waals surface area contributed by atoms with Gasteiger partial charge in [0.1, 0.15) is 24.4 Å². The fraction of sp³-hybridized carbons (Fsp3) is 0.667. The van der Waals surface area contributed by atoms with E-state index in [4.69, 9.17) is 38.9 Å². The van der Waals surface area contributed by atoms with Crippen LogP contribution < -0.4 is 15.2 Å². The molecule has 0 radical (unpaired) electrons. The van der Waals surface area contributed by atoms with Crippen LogP contribution in [0.15, 0.2) is 18.2 Å². The minimum absolute atomic E-state index is 0.00693. The highest BCUT2D eigenvalue weighted by Crippen LogP contribution is 2.30. The Bertz CT molecular complexity index is 1010. The van der Waals surface area contributed by atoms with Crippen LogP contribution in [0.2, 0.25) is 0 Å². The number of unbranched alkanes of at least 4 members (excludes halogenated alkanes) is 2. The SMILES string of the molecule is CCCCOC(=O)Oc1ccc(C[C@H](N)C(=O)O[C@@H](C)[C@H](C)OC(=O)OC2CCCCC2)cc1OC(=O)OCCCC. The van der Waals surface area contributed by atoms with E-state index in [2.05, 4.69) is 0 Å². The Morgan fingerprint density at radius 2 is 1.38 bits per heavy atom. The van der Waals surface area contributed by atoms with Gasteiger partial charge in [0, 0.05) is 0 Å². The zero-order chi connectivity index (χ0) is 30.9. The molecule has 2 rings (SSSR count). The van der Waals surface area contributed by atoms with Crippen molar-refractivity contribution in [1.82, 2.24) is 0 Å². The molecule has 3 atom stereocenters. The van der Waals surface area contributed by atoms with Gasteiger partial charge in [-0.2, -0.15) is 0 Å². The predicted octanol–water partition coefficient (Wildman–Crippen LogP) is 5.99. The first-order valence-electron chi connectivity index (χ1n) is 14.8. The lowest BCUT2D eigenvalue weighted by Crippen LogP contribution is -2.39. The first kappa shape index (κ1) is 34.7. The van der Waals surface area contributed by atoms with Crippen LogP contribution in [-0.4, -0.2) is 62.0 Å². The standard InChI is InChI=1S/C30H45NO11/c1-5-7-16-36-28(33)41-25-15-14-22(19-26(25)42-29(34)37-17-8-6-2)18-24(31)27(32)38-20(3)21(4)39-30(35)40-23-12-10-9-11-13-23/h14-15,19-21,23-24H,5-13,16-18,31H2,1-4H3/t20-,21-,24-/m0/s1. The number of esters is 1. The van der Waals surface area contributed by atoms with Crippen molar-refractivity contribution >= 4 is 24.4 Å². The molecule has 1 aliphatic carbocycles. The minimum atomic E-state index is -1.09. The summed E-state index contributed by atoms with van der Waals surface area (Å²) in [5.74, 6) is -0.891. The Labute approximate surface area is 247 Å². The highest BCUT2D eigenvalue weighted by molar-refractivity contribution is 5.76. The van der Waals surface area contributed by atoms with Crippen molar-refractivity contribution in [2.24, 2.45) is 5.73 Å². The van der Waals surface area contributed by atoms with E-state index in [9.17, 15) is 19.2 Å². The van der Waals surface area contributed by atoms with Gasteiger partial charge in [0.05, 0.1) is 13.2 Å². The minimum Gasteiger partial charge on any atom is -0.458 e. The number of benzene rings is 1. The van der Waals surface area contributed by atoms with Crippen LogP contribution in [0.3, 0.4) is 0 Å². The molecule has 12 nitrogen and oxygen atoms in total. The van der Waals surface area contributed by atoms with E-state index in [1.165, 1.54) is 12.1 Å². The highest BCUT2D eigenvalue weighted by Gasteiger charge is 2.27. The lowest BCUT2D eigenvalue weighted by atomic mass is 9.98. The Morgan fingerprint density at radius 1 is 0.810 bits per heavy atom. The summed E-state index contributed by atoms with van der Waals surface area (Å²) in [5.41, 5.74) is 6.59. The molecule has 1 aromatic rings. The van der Waals surface area contributed by atoms with Crippen molar-refractivity contribution in [3.8, 4) is 11.5 Å². The van der Waals surface area contributed by atoms with Crippen molar-refractivity contribution in [3.63, 3.8) is 0 Å². The van der Waals surface area contributed by atoms with Crippen molar-refractivity contribution in [2.45, 2.75) is 116 Å². The number of ether oxygens (including phenoxy) is 7. The Morgan fingerprint density at radius 3 is 1.98 bits per heavy atom. The Hall–Kier alpha value is -3.54. The van der Waals surface area contributed by atoms with Gasteiger partial charge in [-0.15, -0.1) is 0 Å². The maximum atomic E-state index is 12.7. The number of carbonyl (C=O) groups is 4. The van der Waals surface area contributed by atoms with Crippen molar-refractivity contribution in [2.75, 3.05) is 13.2 Å². The van der Waals surface area contributed by atoms with Crippen molar-refractivity contribution in [3.05, 3.63) is 23.8 Å². The maximum absolute atomic E-state index is 12.7. The first-order chi connectivity index (χ1) is 20.1. The Balaban J connectivity index is 1.97. The molecule has 42 heavy (non-hydrogen) atoms. The number of nitrogens with two attached hydrogens (primary N) is 1. The van der Waals surface area contributed by atoms with Gasteiger partial charge in [-0.3, -0.25) is 4.79 Å². The second-order valence-electron chi connectivity index (χ2n) is 10.3. The molecule has 0 unspecified atom stereocenters. The number of hydrogen-bond donors (Lipinski definition) is 1. The van der Waals surface area contributed by atoms with E-state index < -0.39 is 42.7 Å². The smallest absolute Gasteiger partial charge is 0.458 e. The van der Waals surface area contributed by atoms with Crippen molar-refractivity contribution < 1.29 is 52.3 Å². The van der Waals surface area contributed by atoms with Crippen LogP contribution in [0, 0.1) is 0 Å². The first-order valence-corrected chi connectivity index (χ1v) is 14.8. The summed E-state index contributed by atoms with van der Waals surface area (Å²) in [6.45, 7) is 7.44. The van der Waals surface area contributed by atoms with Crippen LogP contribution in [0.5, 0.6) is 11.5 Å². The fourth-order valence-electron chi connectivity index (χ4n) is 3.98. The van der Waals surface area contributed by atoms with Crippen LogP contribution in [-0.2, 0) is 34.9 Å². The predicted molar refractivity (Wildman–Crippen MR) is 151 cm³/mol. The molecule has 0 saturated heterocycles. The van der Waals surface area contributed by atoms with E-state index in [1.807, 2.05) is 13.8 Å². The Kier molecular flexibility index (Phi) is 15.5. The van der Waals surface area contributed by atoms with E-state index in [1.54, 1.807) is 19.9 Å². The summed E-state index contributed by atoms with van der Waals surface area (Å²) in [6, 6.07) is 3.29. The van der Waals surface area contributed by atoms with Crippen LogP contribution >= 0.6 is 0 Å². The van der Waals surface area contributed by atoms with Gasteiger partial charge in [0.2, 0.25) is 0 Å². The quantitative estimate of drug-likeness (QED) is 0.109. The normalized spacial score (nSPS) is 15.5. The molecule has 1 saturated carbocycles. The molecule has 0 heterocycles. The van der Waals surface area contributed by atoms with E-state index in [0.717, 1.165) is 44.9 Å². The van der Waals surface area contributed by atoms with Crippen LogP contribution in [0.1, 0.15) is 91.0 Å². The third kappa shape index (κ3) is 13.0. The number of carbonyl (C=O) groups excluding carboxylic acids is 4. The van der Waals surface area contributed by atoms with E-state index >= 15 is 0 Å². The second kappa shape index (κ2) is 18.8. The van der Waals surface area contributed by atoms with Gasteiger partial charge >= 0.3 is 24.4 Å². The molecule has 12 heteroatoms. The molecule has 0 amide bonds. The summed E-state index contributed by atoms with van der Waals surface area (Å²) in [5, 5.41) is 0. The second-order valence-corrected chi connectivity index (χ2v) is 10.3. The number of hydrogen-bond acceptors (Lipinski definition) is 12.